The van der Waals surface area contributed by atoms with Crippen LogP contribution in [0.5, 0.6) is 5.75 Å². The Hall–Kier alpha value is -0.540. The van der Waals surface area contributed by atoms with Crippen LogP contribution in [0.1, 0.15) is 45.2 Å². The number of rotatable bonds is 7. The van der Waals surface area contributed by atoms with Gasteiger partial charge in [-0.1, -0.05) is 43.6 Å². The van der Waals surface area contributed by atoms with Gasteiger partial charge in [-0.05, 0) is 54.0 Å². The van der Waals surface area contributed by atoms with Gasteiger partial charge in [-0.15, -0.1) is 0 Å². The van der Waals surface area contributed by atoms with Gasteiger partial charge in [0.25, 0.3) is 0 Å². The van der Waals surface area contributed by atoms with E-state index in [0.29, 0.717) is 5.92 Å². The van der Waals surface area contributed by atoms with Crippen LogP contribution in [0.25, 0.3) is 0 Å². The Kier molecular flexibility index (Phi) is 5.73. The fourth-order valence-electron chi connectivity index (χ4n) is 2.91. The summed E-state index contributed by atoms with van der Waals surface area (Å²) in [6.07, 6.45) is 3.27. The molecule has 2 nitrogen and oxygen atoms in total. The summed E-state index contributed by atoms with van der Waals surface area (Å²) in [7, 11) is 0. The number of benzene rings is 1. The molecule has 1 aliphatic rings. The number of nitrogens with one attached hydrogen (secondary N) is 1. The van der Waals surface area contributed by atoms with Gasteiger partial charge in [0, 0.05) is 17.4 Å². The maximum Gasteiger partial charge on any atom is 0.125 e. The van der Waals surface area contributed by atoms with Gasteiger partial charge in [-0.3, -0.25) is 0 Å². The van der Waals surface area contributed by atoms with Crippen molar-refractivity contribution in [1.29, 1.82) is 0 Å². The van der Waals surface area contributed by atoms with Crippen molar-refractivity contribution in [2.24, 2.45) is 11.3 Å². The maximum absolute atomic E-state index is 5.88. The van der Waals surface area contributed by atoms with E-state index in [0.717, 1.165) is 38.3 Å². The molecular weight excluding hydrogens is 326 g/mol. The molecule has 0 bridgehead atoms. The summed E-state index contributed by atoms with van der Waals surface area (Å²) in [5, 5.41) is 3.63. The summed E-state index contributed by atoms with van der Waals surface area (Å²) in [6.45, 7) is 12.1. The van der Waals surface area contributed by atoms with Gasteiger partial charge in [0.05, 0.1) is 6.61 Å². The Morgan fingerprint density at radius 3 is 2.81 bits per heavy atom. The van der Waals surface area contributed by atoms with Gasteiger partial charge in [0.1, 0.15) is 5.75 Å². The van der Waals surface area contributed by atoms with Gasteiger partial charge in [-0.25, -0.2) is 0 Å². The first-order valence-corrected chi connectivity index (χ1v) is 8.87. The molecule has 0 radical (unpaired) electrons. The van der Waals surface area contributed by atoms with Gasteiger partial charge in [0.15, 0.2) is 0 Å². The topological polar surface area (TPSA) is 21.3 Å². The number of halogens is 1. The molecule has 118 valence electrons. The predicted octanol–water partition coefficient (Wildman–Crippen LogP) is 4.59. The lowest BCUT2D eigenvalue weighted by Crippen LogP contribution is -2.35. The first kappa shape index (κ1) is 16.8. The van der Waals surface area contributed by atoms with Crippen molar-refractivity contribution in [1.82, 2.24) is 5.32 Å². The lowest BCUT2D eigenvalue weighted by molar-refractivity contribution is 0.278. The Labute approximate surface area is 137 Å². The SMILES string of the molecule is CCC(C)(CNCC(C)C)Cc1cc(Br)cc2c1OCC2. The van der Waals surface area contributed by atoms with Crippen molar-refractivity contribution in [2.75, 3.05) is 19.7 Å². The fourth-order valence-corrected chi connectivity index (χ4v) is 3.46. The third kappa shape index (κ3) is 4.46. The number of fused-ring (bicyclic) bond motifs is 1. The molecule has 1 unspecified atom stereocenters. The van der Waals surface area contributed by atoms with Crippen LogP contribution < -0.4 is 10.1 Å². The second-order valence-corrected chi connectivity index (χ2v) is 7.93. The quantitative estimate of drug-likeness (QED) is 0.773. The summed E-state index contributed by atoms with van der Waals surface area (Å²) in [5.41, 5.74) is 2.98. The molecule has 0 fully saturated rings. The Morgan fingerprint density at radius 1 is 1.38 bits per heavy atom. The van der Waals surface area contributed by atoms with Crippen LogP contribution in [0.4, 0.5) is 0 Å². The molecule has 0 aromatic heterocycles. The average molecular weight is 354 g/mol. The van der Waals surface area contributed by atoms with E-state index in [1.54, 1.807) is 0 Å². The van der Waals surface area contributed by atoms with Gasteiger partial charge in [-0.2, -0.15) is 0 Å². The predicted molar refractivity (Wildman–Crippen MR) is 93.2 cm³/mol. The van der Waals surface area contributed by atoms with E-state index in [4.69, 9.17) is 4.74 Å². The molecule has 2 rings (SSSR count). The van der Waals surface area contributed by atoms with Crippen molar-refractivity contribution >= 4 is 15.9 Å². The highest BCUT2D eigenvalue weighted by molar-refractivity contribution is 9.10. The fraction of sp³-hybridized carbons (Fsp3) is 0.667. The summed E-state index contributed by atoms with van der Waals surface area (Å²) >= 11 is 3.65. The highest BCUT2D eigenvalue weighted by Crippen LogP contribution is 2.37. The zero-order valence-electron chi connectivity index (χ0n) is 13.8. The smallest absolute Gasteiger partial charge is 0.125 e. The second-order valence-electron chi connectivity index (χ2n) is 7.02. The van der Waals surface area contributed by atoms with E-state index in [-0.39, 0.29) is 5.41 Å². The minimum Gasteiger partial charge on any atom is -0.493 e. The molecule has 1 aromatic carbocycles. The third-order valence-corrected chi connectivity index (χ3v) is 4.86. The number of hydrogen-bond acceptors (Lipinski definition) is 2. The first-order valence-electron chi connectivity index (χ1n) is 8.08. The molecule has 0 amide bonds. The molecule has 1 atom stereocenters. The lowest BCUT2D eigenvalue weighted by Gasteiger charge is -2.30. The van der Waals surface area contributed by atoms with Crippen LogP contribution in [0, 0.1) is 11.3 Å². The molecule has 21 heavy (non-hydrogen) atoms. The van der Waals surface area contributed by atoms with Gasteiger partial charge < -0.3 is 10.1 Å². The Bertz CT molecular complexity index is 486. The highest BCUT2D eigenvalue weighted by atomic mass is 79.9. The monoisotopic (exact) mass is 353 g/mol. The van der Waals surface area contributed by atoms with Crippen molar-refractivity contribution < 1.29 is 4.74 Å². The summed E-state index contributed by atoms with van der Waals surface area (Å²) in [4.78, 5) is 0. The van der Waals surface area contributed by atoms with Crippen LogP contribution in [0.2, 0.25) is 0 Å². The second kappa shape index (κ2) is 7.15. The van der Waals surface area contributed by atoms with E-state index in [1.165, 1.54) is 22.0 Å². The van der Waals surface area contributed by atoms with Crippen LogP contribution in [-0.2, 0) is 12.8 Å². The van der Waals surface area contributed by atoms with E-state index < -0.39 is 0 Å². The molecule has 0 saturated carbocycles. The lowest BCUT2D eigenvalue weighted by atomic mass is 9.80. The molecule has 3 heteroatoms. The van der Waals surface area contributed by atoms with Crippen LogP contribution >= 0.6 is 15.9 Å². The molecule has 1 N–H and O–H groups in total. The molecule has 0 spiro atoms. The number of hydrogen-bond donors (Lipinski definition) is 1. The highest BCUT2D eigenvalue weighted by Gasteiger charge is 2.26. The molecule has 1 heterocycles. The molecule has 1 aliphatic heterocycles. The van der Waals surface area contributed by atoms with Crippen LogP contribution in [-0.4, -0.2) is 19.7 Å². The average Bonchev–Trinajstić information content (AvgIpc) is 2.86. The first-order chi connectivity index (χ1) is 9.93. The Morgan fingerprint density at radius 2 is 2.14 bits per heavy atom. The zero-order valence-corrected chi connectivity index (χ0v) is 15.3. The standard InChI is InChI=1S/C18H28BrNO/c1-5-18(4,12-20-11-13(2)3)10-15-9-16(19)8-14-6-7-21-17(14)15/h8-9,13,20H,5-7,10-12H2,1-4H3. The van der Waals surface area contributed by atoms with Crippen molar-refractivity contribution in [3.05, 3.63) is 27.7 Å². The van der Waals surface area contributed by atoms with Crippen LogP contribution in [0.15, 0.2) is 16.6 Å². The Balaban J connectivity index is 2.11. The van der Waals surface area contributed by atoms with Crippen molar-refractivity contribution in [3.8, 4) is 5.75 Å². The third-order valence-electron chi connectivity index (χ3n) is 4.40. The molecule has 0 saturated heterocycles. The van der Waals surface area contributed by atoms with E-state index in [2.05, 4.69) is 61.1 Å². The minimum absolute atomic E-state index is 0.273. The van der Waals surface area contributed by atoms with Gasteiger partial charge in [0.2, 0.25) is 0 Å². The van der Waals surface area contributed by atoms with Crippen LogP contribution in [0.3, 0.4) is 0 Å². The zero-order chi connectivity index (χ0) is 15.5. The summed E-state index contributed by atoms with van der Waals surface area (Å²) in [5.74, 6) is 1.84. The van der Waals surface area contributed by atoms with E-state index >= 15 is 0 Å². The van der Waals surface area contributed by atoms with Crippen molar-refractivity contribution in [2.45, 2.75) is 47.0 Å². The molecule has 0 aliphatic carbocycles. The summed E-state index contributed by atoms with van der Waals surface area (Å²) in [6, 6.07) is 4.44. The van der Waals surface area contributed by atoms with Crippen molar-refractivity contribution in [3.63, 3.8) is 0 Å². The number of ether oxygens (including phenoxy) is 1. The normalized spacial score (nSPS) is 16.7. The largest absolute Gasteiger partial charge is 0.493 e. The minimum atomic E-state index is 0.273. The van der Waals surface area contributed by atoms with Gasteiger partial charge >= 0.3 is 0 Å². The maximum atomic E-state index is 5.88. The van der Waals surface area contributed by atoms with E-state index in [9.17, 15) is 0 Å². The molecule has 1 aromatic rings. The summed E-state index contributed by atoms with van der Waals surface area (Å²) < 4.78 is 7.05. The molecular formula is C18H28BrNO. The van der Waals surface area contributed by atoms with E-state index in [1.807, 2.05) is 0 Å².